The van der Waals surface area contributed by atoms with E-state index >= 15 is 0 Å². The molecule has 18 heavy (non-hydrogen) atoms. The Morgan fingerprint density at radius 2 is 2.11 bits per heavy atom. The van der Waals surface area contributed by atoms with Gasteiger partial charge < -0.3 is 5.32 Å². The highest BCUT2D eigenvalue weighted by molar-refractivity contribution is 5.81. The van der Waals surface area contributed by atoms with E-state index in [4.69, 9.17) is 0 Å². The van der Waals surface area contributed by atoms with Crippen molar-refractivity contribution in [3.05, 3.63) is 23.8 Å². The van der Waals surface area contributed by atoms with Gasteiger partial charge in [-0.2, -0.15) is 0 Å². The molecule has 0 unspecified atom stereocenters. The number of aryl methyl sites for hydroxylation is 1. The summed E-state index contributed by atoms with van der Waals surface area (Å²) in [6.45, 7) is 6.36. The molecule has 0 radical (unpaired) electrons. The Morgan fingerprint density at radius 1 is 1.44 bits per heavy atom. The molecule has 1 heterocycles. The van der Waals surface area contributed by atoms with Gasteiger partial charge in [-0.3, -0.25) is 9.69 Å². The van der Waals surface area contributed by atoms with Crippen LogP contribution in [0.5, 0.6) is 0 Å². The van der Waals surface area contributed by atoms with E-state index in [0.29, 0.717) is 6.54 Å². The van der Waals surface area contributed by atoms with Crippen LogP contribution in [0.2, 0.25) is 0 Å². The fraction of sp³-hybridized carbons (Fsp3) is 0.615. The van der Waals surface area contributed by atoms with Gasteiger partial charge in [0.25, 0.3) is 0 Å². The van der Waals surface area contributed by atoms with Crippen LogP contribution in [0.25, 0.3) is 0 Å². The maximum atomic E-state index is 12.1. The van der Waals surface area contributed by atoms with Crippen molar-refractivity contribution in [1.29, 1.82) is 0 Å². The smallest absolute Gasteiger partial charge is 0.237 e. The van der Waals surface area contributed by atoms with E-state index in [9.17, 15) is 4.79 Å². The molecule has 0 fully saturated rings. The highest BCUT2D eigenvalue weighted by Gasteiger charge is 2.23. The topological polar surface area (TPSA) is 58.1 Å². The first-order valence-corrected chi connectivity index (χ1v) is 6.14. The van der Waals surface area contributed by atoms with Gasteiger partial charge in [0, 0.05) is 6.20 Å². The van der Waals surface area contributed by atoms with E-state index in [-0.39, 0.29) is 17.9 Å². The Bertz CT molecular complexity index is 396. The Labute approximate surface area is 109 Å². The SMILES string of the molecule is Cc1nccc(CNC(=O)[C@H](C(C)C)N(C)C)n1. The molecule has 1 aromatic rings. The first-order valence-electron chi connectivity index (χ1n) is 6.14. The van der Waals surface area contributed by atoms with Crippen LogP contribution in [0.4, 0.5) is 0 Å². The molecule has 1 atom stereocenters. The number of hydrogen-bond acceptors (Lipinski definition) is 4. The minimum atomic E-state index is -0.118. The molecule has 1 aromatic heterocycles. The second-order valence-electron chi connectivity index (χ2n) is 4.97. The van der Waals surface area contributed by atoms with Crippen LogP contribution in [0.3, 0.4) is 0 Å². The number of nitrogens with zero attached hydrogens (tertiary/aromatic N) is 3. The fourth-order valence-corrected chi connectivity index (χ4v) is 2.02. The molecule has 0 aliphatic rings. The van der Waals surface area contributed by atoms with Crippen LogP contribution < -0.4 is 5.32 Å². The highest BCUT2D eigenvalue weighted by atomic mass is 16.2. The summed E-state index contributed by atoms with van der Waals surface area (Å²) in [5.74, 6) is 1.02. The van der Waals surface area contributed by atoms with Gasteiger partial charge in [0.05, 0.1) is 18.3 Å². The largest absolute Gasteiger partial charge is 0.349 e. The lowest BCUT2D eigenvalue weighted by atomic mass is 10.0. The van der Waals surface area contributed by atoms with E-state index in [0.717, 1.165) is 11.5 Å². The summed E-state index contributed by atoms with van der Waals surface area (Å²) in [7, 11) is 3.83. The number of hydrogen-bond donors (Lipinski definition) is 1. The molecule has 0 aliphatic carbocycles. The highest BCUT2D eigenvalue weighted by Crippen LogP contribution is 2.07. The van der Waals surface area contributed by atoms with Crippen LogP contribution in [0, 0.1) is 12.8 Å². The summed E-state index contributed by atoms with van der Waals surface area (Å²) >= 11 is 0. The molecule has 1 N–H and O–H groups in total. The van der Waals surface area contributed by atoms with Crippen LogP contribution >= 0.6 is 0 Å². The van der Waals surface area contributed by atoms with Gasteiger partial charge in [0.15, 0.2) is 0 Å². The second-order valence-corrected chi connectivity index (χ2v) is 4.97. The summed E-state index contributed by atoms with van der Waals surface area (Å²) in [5, 5.41) is 2.92. The number of rotatable bonds is 5. The van der Waals surface area contributed by atoms with Crippen LogP contribution in [0.15, 0.2) is 12.3 Å². The molecule has 5 heteroatoms. The van der Waals surface area contributed by atoms with Gasteiger partial charge in [-0.1, -0.05) is 13.8 Å². The first kappa shape index (κ1) is 14.6. The molecular formula is C13H22N4O. The minimum Gasteiger partial charge on any atom is -0.349 e. The molecule has 0 spiro atoms. The molecule has 0 saturated heterocycles. The maximum absolute atomic E-state index is 12.1. The summed E-state index contributed by atoms with van der Waals surface area (Å²) in [5.41, 5.74) is 0.831. The van der Waals surface area contributed by atoms with Gasteiger partial charge in [-0.15, -0.1) is 0 Å². The van der Waals surface area contributed by atoms with Crippen molar-refractivity contribution in [2.75, 3.05) is 14.1 Å². The standard InChI is InChI=1S/C13H22N4O/c1-9(2)12(17(4)5)13(18)15-8-11-6-7-14-10(3)16-11/h6-7,9,12H,8H2,1-5H3,(H,15,18)/t12-/m0/s1. The maximum Gasteiger partial charge on any atom is 0.237 e. The lowest BCUT2D eigenvalue weighted by Gasteiger charge is -2.26. The van der Waals surface area contributed by atoms with Gasteiger partial charge in [0.2, 0.25) is 5.91 Å². The molecular weight excluding hydrogens is 228 g/mol. The van der Waals surface area contributed by atoms with Gasteiger partial charge in [-0.05, 0) is 33.0 Å². The van der Waals surface area contributed by atoms with Crippen molar-refractivity contribution < 1.29 is 4.79 Å². The Kier molecular flexibility index (Phi) is 5.22. The van der Waals surface area contributed by atoms with Crippen molar-refractivity contribution in [3.8, 4) is 0 Å². The number of nitrogens with one attached hydrogen (secondary N) is 1. The van der Waals surface area contributed by atoms with Crippen molar-refractivity contribution in [2.45, 2.75) is 33.4 Å². The van der Waals surface area contributed by atoms with Crippen molar-refractivity contribution in [1.82, 2.24) is 20.2 Å². The number of carbonyl (C=O) groups excluding carboxylic acids is 1. The summed E-state index contributed by atoms with van der Waals surface area (Å²) in [6.07, 6.45) is 1.70. The molecule has 5 nitrogen and oxygen atoms in total. The normalized spacial score (nSPS) is 12.8. The summed E-state index contributed by atoms with van der Waals surface area (Å²) in [6, 6.07) is 1.70. The second kappa shape index (κ2) is 6.44. The third-order valence-electron chi connectivity index (χ3n) is 2.73. The molecule has 0 aliphatic heterocycles. The van der Waals surface area contributed by atoms with Crippen LogP contribution in [-0.4, -0.2) is 40.9 Å². The Balaban J connectivity index is 2.60. The Morgan fingerprint density at radius 3 is 2.61 bits per heavy atom. The lowest BCUT2D eigenvalue weighted by Crippen LogP contribution is -2.46. The fourth-order valence-electron chi connectivity index (χ4n) is 2.02. The summed E-state index contributed by atoms with van der Waals surface area (Å²) in [4.78, 5) is 22.3. The van der Waals surface area contributed by atoms with E-state index in [2.05, 4.69) is 15.3 Å². The average Bonchev–Trinajstić information content (AvgIpc) is 2.25. The molecule has 0 aromatic carbocycles. The molecule has 1 rings (SSSR count). The molecule has 0 saturated carbocycles. The average molecular weight is 250 g/mol. The zero-order valence-electron chi connectivity index (χ0n) is 11.8. The van der Waals surface area contributed by atoms with Crippen molar-refractivity contribution in [3.63, 3.8) is 0 Å². The number of likely N-dealkylation sites (N-methyl/N-ethyl adjacent to an activating group) is 1. The zero-order valence-corrected chi connectivity index (χ0v) is 11.8. The van der Waals surface area contributed by atoms with E-state index < -0.39 is 0 Å². The third kappa shape index (κ3) is 4.07. The van der Waals surface area contributed by atoms with Crippen molar-refractivity contribution >= 4 is 5.91 Å². The monoisotopic (exact) mass is 250 g/mol. The zero-order chi connectivity index (χ0) is 13.7. The predicted molar refractivity (Wildman–Crippen MR) is 70.9 cm³/mol. The van der Waals surface area contributed by atoms with E-state index in [1.807, 2.05) is 45.8 Å². The van der Waals surface area contributed by atoms with Crippen LogP contribution in [0.1, 0.15) is 25.4 Å². The van der Waals surface area contributed by atoms with Crippen molar-refractivity contribution in [2.24, 2.45) is 5.92 Å². The van der Waals surface area contributed by atoms with Gasteiger partial charge in [0.1, 0.15) is 5.82 Å². The van der Waals surface area contributed by atoms with E-state index in [1.165, 1.54) is 0 Å². The first-order chi connectivity index (χ1) is 8.41. The molecule has 100 valence electrons. The van der Waals surface area contributed by atoms with Gasteiger partial charge in [-0.25, -0.2) is 9.97 Å². The predicted octanol–water partition coefficient (Wildman–Crippen LogP) is 0.987. The third-order valence-corrected chi connectivity index (χ3v) is 2.73. The van der Waals surface area contributed by atoms with Crippen LogP contribution in [-0.2, 0) is 11.3 Å². The number of amides is 1. The minimum absolute atomic E-state index is 0.0336. The van der Waals surface area contributed by atoms with E-state index in [1.54, 1.807) is 6.20 Å². The summed E-state index contributed by atoms with van der Waals surface area (Å²) < 4.78 is 0. The number of aromatic nitrogens is 2. The number of carbonyl (C=O) groups is 1. The van der Waals surface area contributed by atoms with Gasteiger partial charge >= 0.3 is 0 Å². The Hall–Kier alpha value is -1.49. The molecule has 0 bridgehead atoms. The lowest BCUT2D eigenvalue weighted by molar-refractivity contribution is -0.127. The quantitative estimate of drug-likeness (QED) is 0.846. The molecule has 1 amide bonds.